The van der Waals surface area contributed by atoms with Gasteiger partial charge in [0, 0.05) is 0 Å². The topological polar surface area (TPSA) is 36.9 Å². The van der Waals surface area contributed by atoms with E-state index in [9.17, 15) is 0 Å². The first kappa shape index (κ1) is 37.8. The van der Waals surface area contributed by atoms with Crippen molar-refractivity contribution in [3.63, 3.8) is 0 Å². The molecule has 0 aliphatic rings. The van der Waals surface area contributed by atoms with E-state index in [0.29, 0.717) is 47.3 Å². The minimum Gasteiger partial charge on any atom is -0.344 e. The third-order valence-electron chi connectivity index (χ3n) is 7.25. The first-order chi connectivity index (χ1) is 17.4. The Hall–Kier alpha value is -0.160. The van der Waals surface area contributed by atoms with Gasteiger partial charge in [-0.05, 0) is 73.0 Å². The number of rotatable bonds is 21. The number of ether oxygens (including phenoxy) is 4. The van der Waals surface area contributed by atoms with Gasteiger partial charge in [0.15, 0.2) is 0 Å². The monoisotopic (exact) mass is 543 g/mol. The third kappa shape index (κ3) is 16.2. The van der Waals surface area contributed by atoms with Gasteiger partial charge in [0.05, 0.1) is 24.4 Å². The first-order valence-corrected chi connectivity index (χ1v) is 16.1. The second kappa shape index (κ2) is 19.1. The van der Waals surface area contributed by atoms with Crippen LogP contribution in [0.1, 0.15) is 136 Å². The highest BCUT2D eigenvalue weighted by Gasteiger charge is 2.37. The van der Waals surface area contributed by atoms with Gasteiger partial charge in [-0.1, -0.05) is 111 Å². The fourth-order valence-electron chi connectivity index (χ4n) is 4.81. The van der Waals surface area contributed by atoms with Crippen molar-refractivity contribution >= 4 is 0 Å². The molecule has 0 spiro atoms. The molecule has 38 heavy (non-hydrogen) atoms. The van der Waals surface area contributed by atoms with Gasteiger partial charge in [-0.2, -0.15) is 0 Å². The number of hydrogen-bond acceptors (Lipinski definition) is 4. The Bertz CT molecular complexity index is 469. The Morgan fingerprint density at radius 2 is 0.447 bits per heavy atom. The van der Waals surface area contributed by atoms with Crippen LogP contribution in [-0.2, 0) is 18.9 Å². The summed E-state index contributed by atoms with van der Waals surface area (Å²) in [6, 6.07) is 0. The van der Waals surface area contributed by atoms with Gasteiger partial charge >= 0.3 is 0 Å². The molecule has 230 valence electrons. The van der Waals surface area contributed by atoms with E-state index in [-0.39, 0.29) is 24.4 Å². The first-order valence-electron chi connectivity index (χ1n) is 16.1. The molecule has 0 rings (SSSR count). The maximum Gasteiger partial charge on any atom is 0.210 e. The fraction of sp³-hybridized carbons (Fsp3) is 1.00. The van der Waals surface area contributed by atoms with Crippen LogP contribution in [0.4, 0.5) is 0 Å². The Labute approximate surface area is 239 Å². The molecule has 4 atom stereocenters. The van der Waals surface area contributed by atoms with Crippen LogP contribution in [-0.4, -0.2) is 37.0 Å². The summed E-state index contributed by atoms with van der Waals surface area (Å²) < 4.78 is 27.8. The van der Waals surface area contributed by atoms with Gasteiger partial charge in [-0.25, -0.2) is 0 Å². The predicted molar refractivity (Wildman–Crippen MR) is 164 cm³/mol. The summed E-state index contributed by atoms with van der Waals surface area (Å²) >= 11 is 0. The molecule has 0 heterocycles. The Morgan fingerprint density at radius 1 is 0.289 bits per heavy atom. The molecule has 0 aliphatic carbocycles. The van der Waals surface area contributed by atoms with Crippen LogP contribution >= 0.6 is 0 Å². The van der Waals surface area contributed by atoms with Crippen LogP contribution in [0.2, 0.25) is 0 Å². The summed E-state index contributed by atoms with van der Waals surface area (Å²) in [5.41, 5.74) is 0. The molecule has 0 saturated carbocycles. The summed E-state index contributed by atoms with van der Waals surface area (Å²) in [5, 5.41) is 0. The largest absolute Gasteiger partial charge is 0.344 e. The minimum absolute atomic E-state index is 0.0757. The van der Waals surface area contributed by atoms with Crippen LogP contribution in [0.15, 0.2) is 0 Å². The van der Waals surface area contributed by atoms with Gasteiger partial charge in [-0.3, -0.25) is 0 Å². The molecule has 0 radical (unpaired) electrons. The Balaban J connectivity index is 6.59. The summed E-state index contributed by atoms with van der Waals surface area (Å²) in [4.78, 5) is 0. The van der Waals surface area contributed by atoms with Crippen molar-refractivity contribution < 1.29 is 18.9 Å². The maximum absolute atomic E-state index is 6.95. The Kier molecular flexibility index (Phi) is 19.0. The molecule has 0 saturated heterocycles. The molecule has 0 aromatic heterocycles. The van der Waals surface area contributed by atoms with Crippen LogP contribution < -0.4 is 0 Å². The van der Waals surface area contributed by atoms with Gasteiger partial charge in [0.2, 0.25) is 12.6 Å². The lowest BCUT2D eigenvalue weighted by Gasteiger charge is -2.40. The van der Waals surface area contributed by atoms with Crippen molar-refractivity contribution in [1.82, 2.24) is 0 Å². The zero-order valence-electron chi connectivity index (χ0n) is 28.5. The van der Waals surface area contributed by atoms with Gasteiger partial charge in [-0.15, -0.1) is 0 Å². The zero-order valence-corrected chi connectivity index (χ0v) is 28.5. The molecule has 0 aromatic carbocycles. The second-order valence-corrected chi connectivity index (χ2v) is 14.9. The fourth-order valence-corrected chi connectivity index (χ4v) is 4.81. The van der Waals surface area contributed by atoms with Gasteiger partial charge < -0.3 is 18.9 Å². The van der Waals surface area contributed by atoms with Gasteiger partial charge in [0.25, 0.3) is 0 Å². The van der Waals surface area contributed by atoms with E-state index in [4.69, 9.17) is 18.9 Å². The van der Waals surface area contributed by atoms with E-state index < -0.39 is 12.6 Å². The molecule has 0 bridgehead atoms. The van der Waals surface area contributed by atoms with Gasteiger partial charge in [0.1, 0.15) is 0 Å². The lowest BCUT2D eigenvalue weighted by Crippen LogP contribution is -2.48. The molecule has 0 amide bonds. The quantitative estimate of drug-likeness (QED) is 0.135. The van der Waals surface area contributed by atoms with Crippen molar-refractivity contribution in [3.8, 4) is 0 Å². The van der Waals surface area contributed by atoms with Crippen molar-refractivity contribution in [3.05, 3.63) is 0 Å². The number of hydrogen-bond donors (Lipinski definition) is 0. The third-order valence-corrected chi connectivity index (χ3v) is 7.25. The summed E-state index contributed by atoms with van der Waals surface area (Å²) in [6.07, 6.45) is 3.10. The molecule has 4 heteroatoms. The summed E-state index contributed by atoms with van der Waals surface area (Å²) in [5.74, 6) is 3.64. The zero-order chi connectivity index (χ0) is 29.7. The lowest BCUT2D eigenvalue weighted by atomic mass is 9.96. The average Bonchev–Trinajstić information content (AvgIpc) is 2.74. The van der Waals surface area contributed by atoms with Crippen molar-refractivity contribution in [2.45, 2.75) is 173 Å². The second-order valence-electron chi connectivity index (χ2n) is 14.9. The normalized spacial score (nSPS) is 18.0. The average molecular weight is 543 g/mol. The molecule has 0 N–H and O–H groups in total. The highest BCUT2D eigenvalue weighted by molar-refractivity contribution is 4.75. The summed E-state index contributed by atoms with van der Waals surface area (Å²) in [6.45, 7) is 36.1. The van der Waals surface area contributed by atoms with Crippen LogP contribution in [0.3, 0.4) is 0 Å². The van der Waals surface area contributed by atoms with E-state index in [1.165, 1.54) is 0 Å². The smallest absolute Gasteiger partial charge is 0.210 e. The van der Waals surface area contributed by atoms with E-state index >= 15 is 0 Å². The predicted octanol–water partition coefficient (Wildman–Crippen LogP) is 9.99. The van der Waals surface area contributed by atoms with E-state index in [0.717, 1.165) is 25.7 Å². The van der Waals surface area contributed by atoms with Crippen LogP contribution in [0, 0.1) is 47.3 Å². The highest BCUT2D eigenvalue weighted by Crippen LogP contribution is 2.30. The molecule has 4 unspecified atom stereocenters. The maximum atomic E-state index is 6.95. The highest BCUT2D eigenvalue weighted by atomic mass is 16.8. The molecule has 0 aliphatic heterocycles. The molecular weight excluding hydrogens is 472 g/mol. The SMILES string of the molecule is CC(C)CC(OC(OC(CC(C)C)C(C)C)C(OC(CC(C)C)C(C)C)OC(CC(C)C)C(C)C)C(C)C. The Morgan fingerprint density at radius 3 is 0.553 bits per heavy atom. The van der Waals surface area contributed by atoms with Crippen molar-refractivity contribution in [2.75, 3.05) is 0 Å². The van der Waals surface area contributed by atoms with E-state index in [2.05, 4.69) is 111 Å². The minimum atomic E-state index is -0.575. The molecule has 0 fully saturated rings. The van der Waals surface area contributed by atoms with Crippen LogP contribution in [0.25, 0.3) is 0 Å². The molecule has 4 nitrogen and oxygen atoms in total. The van der Waals surface area contributed by atoms with Crippen molar-refractivity contribution in [2.24, 2.45) is 47.3 Å². The molecule has 0 aromatic rings. The standard InChI is InChI=1S/C34H70O4/c1-21(2)17-29(25(9)10)35-33(36-30(26(11)12)18-22(3)4)34(37-31(27(13)14)19-23(5)6)38-32(28(15)16)20-24(7)8/h21-34H,17-20H2,1-16H3. The summed E-state index contributed by atoms with van der Waals surface area (Å²) in [7, 11) is 0. The van der Waals surface area contributed by atoms with E-state index in [1.54, 1.807) is 0 Å². The molecular formula is C34H70O4. The lowest BCUT2D eigenvalue weighted by molar-refractivity contribution is -0.340. The van der Waals surface area contributed by atoms with Crippen LogP contribution in [0.5, 0.6) is 0 Å². The van der Waals surface area contributed by atoms with E-state index in [1.807, 2.05) is 0 Å². The van der Waals surface area contributed by atoms with Crippen molar-refractivity contribution in [1.29, 1.82) is 0 Å².